The Labute approximate surface area is 197 Å². The van der Waals surface area contributed by atoms with Gasteiger partial charge in [0.25, 0.3) is 5.56 Å². The molecule has 9 heteroatoms. The highest BCUT2D eigenvalue weighted by atomic mass is 16.5. The number of rotatable bonds is 8. The van der Waals surface area contributed by atoms with Crippen LogP contribution >= 0.6 is 0 Å². The zero-order valence-corrected chi connectivity index (χ0v) is 19.2. The molecule has 1 heterocycles. The maximum atomic E-state index is 12.8. The van der Waals surface area contributed by atoms with Crippen LogP contribution in [0.1, 0.15) is 30.5 Å². The van der Waals surface area contributed by atoms with Crippen molar-refractivity contribution in [2.24, 2.45) is 7.05 Å². The molecule has 1 aromatic heterocycles. The summed E-state index contributed by atoms with van der Waals surface area (Å²) in [7, 11) is 1.51. The summed E-state index contributed by atoms with van der Waals surface area (Å²) in [6, 6.07) is 14.6. The normalized spacial score (nSPS) is 11.4. The lowest BCUT2D eigenvalue weighted by Crippen LogP contribution is -2.36. The Morgan fingerprint density at radius 1 is 1.09 bits per heavy atom. The topological polar surface area (TPSA) is 119 Å². The third kappa shape index (κ3) is 6.16. The second kappa shape index (κ2) is 11.0. The Kier molecular flexibility index (Phi) is 7.92. The zero-order valence-electron chi connectivity index (χ0n) is 19.2. The van der Waals surface area contributed by atoms with Crippen molar-refractivity contribution >= 4 is 17.7 Å². The van der Waals surface area contributed by atoms with E-state index in [1.54, 1.807) is 38.1 Å². The van der Waals surface area contributed by atoms with Crippen LogP contribution in [0, 0.1) is 6.92 Å². The van der Waals surface area contributed by atoms with Crippen molar-refractivity contribution in [3.63, 3.8) is 0 Å². The second-order valence-electron chi connectivity index (χ2n) is 7.60. The van der Waals surface area contributed by atoms with Gasteiger partial charge in [0.05, 0.1) is 19.1 Å². The summed E-state index contributed by atoms with van der Waals surface area (Å²) >= 11 is 0. The Bertz CT molecular complexity index is 1220. The van der Waals surface area contributed by atoms with Gasteiger partial charge in [-0.25, -0.2) is 4.79 Å². The predicted octanol–water partition coefficient (Wildman–Crippen LogP) is 4.01. The maximum Gasteiger partial charge on any atom is 0.319 e. The van der Waals surface area contributed by atoms with Crippen molar-refractivity contribution in [1.82, 2.24) is 9.88 Å². The largest absolute Gasteiger partial charge is 0.505 e. The summed E-state index contributed by atoms with van der Waals surface area (Å²) in [5.41, 5.74) is 0.193. The van der Waals surface area contributed by atoms with Gasteiger partial charge in [-0.1, -0.05) is 30.3 Å². The van der Waals surface area contributed by atoms with Gasteiger partial charge in [0.2, 0.25) is 0 Å². The van der Waals surface area contributed by atoms with Crippen molar-refractivity contribution in [2.45, 2.75) is 26.3 Å². The number of carbonyl (C=O) groups is 2. The van der Waals surface area contributed by atoms with E-state index in [0.29, 0.717) is 22.6 Å². The van der Waals surface area contributed by atoms with Crippen LogP contribution in [0.5, 0.6) is 17.2 Å². The number of hydrogen-bond acceptors (Lipinski definition) is 6. The van der Waals surface area contributed by atoms with Gasteiger partial charge in [-0.3, -0.25) is 9.59 Å². The van der Waals surface area contributed by atoms with E-state index >= 15 is 0 Å². The summed E-state index contributed by atoms with van der Waals surface area (Å²) in [5.74, 6) is 0.331. The minimum Gasteiger partial charge on any atom is -0.505 e. The van der Waals surface area contributed by atoms with Gasteiger partial charge in [-0.2, -0.15) is 0 Å². The molecule has 0 radical (unpaired) electrons. The maximum absolute atomic E-state index is 12.8. The summed E-state index contributed by atoms with van der Waals surface area (Å²) in [6.07, 6.45) is 1.32. The quantitative estimate of drug-likeness (QED) is 0.433. The molecule has 0 saturated heterocycles. The Hall–Kier alpha value is -4.27. The number of ether oxygens (including phenoxy) is 2. The zero-order chi connectivity index (χ0) is 24.7. The molecule has 0 aliphatic carbocycles. The molecule has 178 valence electrons. The van der Waals surface area contributed by atoms with Crippen LogP contribution in [0.15, 0.2) is 65.6 Å². The number of hydrogen-bond donors (Lipinski definition) is 3. The molecule has 1 atom stereocenters. The number of benzene rings is 2. The number of anilines is 1. The fraction of sp³-hybridized carbons (Fsp3) is 0.240. The molecule has 0 unspecified atom stereocenters. The molecule has 2 aromatic carbocycles. The molecule has 0 aliphatic heterocycles. The van der Waals surface area contributed by atoms with Gasteiger partial charge in [0.15, 0.2) is 5.69 Å². The van der Waals surface area contributed by atoms with E-state index in [9.17, 15) is 19.5 Å². The van der Waals surface area contributed by atoms with Crippen LogP contribution in [0.3, 0.4) is 0 Å². The first-order chi connectivity index (χ1) is 16.3. The van der Waals surface area contributed by atoms with Crippen molar-refractivity contribution in [3.05, 3.63) is 82.3 Å². The SMILES string of the molecule is CCOC(=O)C[C@@H](NC(=O)Nc1c(O)c(C)cn(C)c1=O)c1cccc(Oc2ccccc2)c1. The second-order valence-corrected chi connectivity index (χ2v) is 7.60. The first-order valence-electron chi connectivity index (χ1n) is 10.7. The summed E-state index contributed by atoms with van der Waals surface area (Å²) < 4.78 is 12.2. The first-order valence-corrected chi connectivity index (χ1v) is 10.7. The third-order valence-electron chi connectivity index (χ3n) is 4.99. The number of amides is 2. The van der Waals surface area contributed by atoms with Gasteiger partial charge in [0.1, 0.15) is 17.2 Å². The van der Waals surface area contributed by atoms with Gasteiger partial charge >= 0.3 is 12.0 Å². The van der Waals surface area contributed by atoms with Crippen molar-refractivity contribution in [1.29, 1.82) is 0 Å². The first kappa shape index (κ1) is 24.4. The van der Waals surface area contributed by atoms with E-state index < -0.39 is 23.6 Å². The van der Waals surface area contributed by atoms with Gasteiger partial charge in [-0.05, 0) is 43.7 Å². The molecule has 0 bridgehead atoms. The highest BCUT2D eigenvalue weighted by Crippen LogP contribution is 2.27. The summed E-state index contributed by atoms with van der Waals surface area (Å²) in [5, 5.41) is 15.3. The minimum absolute atomic E-state index is 0.145. The lowest BCUT2D eigenvalue weighted by atomic mass is 10.0. The molecule has 34 heavy (non-hydrogen) atoms. The van der Waals surface area contributed by atoms with Crippen molar-refractivity contribution < 1.29 is 24.2 Å². The number of aromatic nitrogens is 1. The average molecular weight is 466 g/mol. The number of urea groups is 1. The summed E-state index contributed by atoms with van der Waals surface area (Å²) in [6.45, 7) is 3.50. The smallest absolute Gasteiger partial charge is 0.319 e. The lowest BCUT2D eigenvalue weighted by Gasteiger charge is -2.20. The third-order valence-corrected chi connectivity index (χ3v) is 4.99. The standard InChI is InChI=1S/C25H27N3O6/c1-4-33-21(29)14-20(17-9-8-12-19(13-17)34-18-10-6-5-7-11-18)26-25(32)27-22-23(30)16(2)15-28(3)24(22)31/h5-13,15,20,30H,4,14H2,1-3H3,(H2,26,27,32)/t20-/m1/s1. The van der Waals surface area contributed by atoms with E-state index in [1.807, 2.05) is 30.3 Å². The van der Waals surface area contributed by atoms with Crippen molar-refractivity contribution in [2.75, 3.05) is 11.9 Å². The number of carbonyl (C=O) groups excluding carboxylic acids is 2. The number of nitrogens with one attached hydrogen (secondary N) is 2. The number of pyridine rings is 1. The molecule has 0 spiro atoms. The lowest BCUT2D eigenvalue weighted by molar-refractivity contribution is -0.143. The molecular formula is C25H27N3O6. The number of aryl methyl sites for hydroxylation is 2. The van der Waals surface area contributed by atoms with Gasteiger partial charge in [0, 0.05) is 18.8 Å². The highest BCUT2D eigenvalue weighted by Gasteiger charge is 2.22. The van der Waals surface area contributed by atoms with Gasteiger partial charge < -0.3 is 29.8 Å². The minimum atomic E-state index is -0.783. The van der Waals surface area contributed by atoms with Crippen LogP contribution in [0.4, 0.5) is 10.5 Å². The highest BCUT2D eigenvalue weighted by molar-refractivity contribution is 5.91. The van der Waals surface area contributed by atoms with Crippen LogP contribution in [0.2, 0.25) is 0 Å². The van der Waals surface area contributed by atoms with Crippen LogP contribution in [0.25, 0.3) is 0 Å². The Balaban J connectivity index is 1.84. The van der Waals surface area contributed by atoms with Gasteiger partial charge in [-0.15, -0.1) is 0 Å². The van der Waals surface area contributed by atoms with E-state index in [-0.39, 0.29) is 24.5 Å². The van der Waals surface area contributed by atoms with E-state index in [1.165, 1.54) is 17.8 Å². The number of para-hydroxylation sites is 1. The van der Waals surface area contributed by atoms with Crippen molar-refractivity contribution in [3.8, 4) is 17.2 Å². The fourth-order valence-corrected chi connectivity index (χ4v) is 3.36. The molecule has 2 amide bonds. The van der Waals surface area contributed by atoms with E-state index in [2.05, 4.69) is 10.6 Å². The molecule has 3 aromatic rings. The number of esters is 1. The molecular weight excluding hydrogens is 438 g/mol. The van der Waals surface area contributed by atoms with Crippen LogP contribution < -0.4 is 20.9 Å². The van der Waals surface area contributed by atoms with E-state index in [4.69, 9.17) is 9.47 Å². The molecule has 3 rings (SSSR count). The van der Waals surface area contributed by atoms with Crippen LogP contribution in [-0.2, 0) is 16.6 Å². The predicted molar refractivity (Wildman–Crippen MR) is 127 cm³/mol. The average Bonchev–Trinajstić information content (AvgIpc) is 2.81. The number of aromatic hydroxyl groups is 1. The summed E-state index contributed by atoms with van der Waals surface area (Å²) in [4.78, 5) is 37.4. The Morgan fingerprint density at radius 3 is 2.50 bits per heavy atom. The monoisotopic (exact) mass is 465 g/mol. The Morgan fingerprint density at radius 2 is 1.79 bits per heavy atom. The molecule has 0 aliphatic rings. The molecule has 3 N–H and O–H groups in total. The molecule has 0 fully saturated rings. The molecule has 0 saturated carbocycles. The molecule has 9 nitrogen and oxygen atoms in total. The van der Waals surface area contributed by atoms with Crippen LogP contribution in [-0.4, -0.2) is 28.3 Å². The fourth-order valence-electron chi connectivity index (χ4n) is 3.36. The van der Waals surface area contributed by atoms with E-state index in [0.717, 1.165) is 0 Å². The number of nitrogens with zero attached hydrogens (tertiary/aromatic N) is 1.